The van der Waals surface area contributed by atoms with Gasteiger partial charge in [0.25, 0.3) is 0 Å². The summed E-state index contributed by atoms with van der Waals surface area (Å²) >= 11 is 0. The number of ether oxygens (including phenoxy) is 2. The van der Waals surface area contributed by atoms with Crippen molar-refractivity contribution < 1.29 is 9.47 Å². The molecule has 2 aliphatic rings. The molecule has 1 saturated heterocycles. The van der Waals surface area contributed by atoms with E-state index in [-0.39, 0.29) is 6.29 Å². The highest BCUT2D eigenvalue weighted by Gasteiger charge is 2.22. The first-order valence-electron chi connectivity index (χ1n) is 6.33. The average molecular weight is 213 g/mol. The van der Waals surface area contributed by atoms with Crippen LogP contribution >= 0.6 is 0 Å². The first-order valence-corrected chi connectivity index (χ1v) is 6.33. The molecule has 0 aromatic carbocycles. The Morgan fingerprint density at radius 2 is 1.80 bits per heavy atom. The van der Waals surface area contributed by atoms with Gasteiger partial charge < -0.3 is 14.8 Å². The predicted molar refractivity (Wildman–Crippen MR) is 59.7 cm³/mol. The zero-order valence-electron chi connectivity index (χ0n) is 9.71. The van der Waals surface area contributed by atoms with Crippen LogP contribution in [-0.4, -0.2) is 32.1 Å². The molecule has 3 nitrogen and oxygen atoms in total. The molecule has 2 rings (SSSR count). The topological polar surface area (TPSA) is 30.5 Å². The standard InChI is InChI=1S/C12H23NO2/c1-10(11-5-3-2-4-6-11)13-9-12-14-7-8-15-12/h10-13H,2-9H2,1H3/t10-/m1/s1. The third-order valence-corrected chi connectivity index (χ3v) is 3.65. The van der Waals surface area contributed by atoms with Gasteiger partial charge in [-0.25, -0.2) is 0 Å². The van der Waals surface area contributed by atoms with E-state index in [4.69, 9.17) is 9.47 Å². The summed E-state index contributed by atoms with van der Waals surface area (Å²) in [6.07, 6.45) is 7.02. The van der Waals surface area contributed by atoms with Gasteiger partial charge in [-0.1, -0.05) is 19.3 Å². The molecular weight excluding hydrogens is 190 g/mol. The maximum Gasteiger partial charge on any atom is 0.170 e. The van der Waals surface area contributed by atoms with Crippen LogP contribution in [0.3, 0.4) is 0 Å². The minimum absolute atomic E-state index is 0.00367. The molecule has 2 fully saturated rings. The summed E-state index contributed by atoms with van der Waals surface area (Å²) < 4.78 is 10.8. The van der Waals surface area contributed by atoms with Gasteiger partial charge in [-0.2, -0.15) is 0 Å². The largest absolute Gasteiger partial charge is 0.349 e. The number of hydrogen-bond acceptors (Lipinski definition) is 3. The molecule has 0 aromatic heterocycles. The van der Waals surface area contributed by atoms with Gasteiger partial charge in [0, 0.05) is 12.6 Å². The third kappa shape index (κ3) is 3.44. The molecule has 1 heterocycles. The molecule has 1 atom stereocenters. The maximum atomic E-state index is 5.41. The second kappa shape index (κ2) is 5.83. The minimum Gasteiger partial charge on any atom is -0.349 e. The lowest BCUT2D eigenvalue weighted by molar-refractivity contribution is -0.0415. The Hall–Kier alpha value is -0.120. The number of hydrogen-bond donors (Lipinski definition) is 1. The van der Waals surface area contributed by atoms with E-state index in [2.05, 4.69) is 12.2 Å². The van der Waals surface area contributed by atoms with Crippen LogP contribution < -0.4 is 5.32 Å². The highest BCUT2D eigenvalue weighted by molar-refractivity contribution is 4.76. The summed E-state index contributed by atoms with van der Waals surface area (Å²) in [5.74, 6) is 0.861. The third-order valence-electron chi connectivity index (χ3n) is 3.65. The highest BCUT2D eigenvalue weighted by Crippen LogP contribution is 2.26. The van der Waals surface area contributed by atoms with Crippen LogP contribution in [0.25, 0.3) is 0 Å². The van der Waals surface area contributed by atoms with Crippen molar-refractivity contribution in [3.8, 4) is 0 Å². The summed E-state index contributed by atoms with van der Waals surface area (Å²) in [6, 6.07) is 0.609. The normalized spacial score (nSPS) is 27.0. The van der Waals surface area contributed by atoms with Crippen molar-refractivity contribution in [1.29, 1.82) is 0 Å². The highest BCUT2D eigenvalue weighted by atomic mass is 16.7. The summed E-state index contributed by atoms with van der Waals surface area (Å²) in [4.78, 5) is 0. The Morgan fingerprint density at radius 1 is 1.13 bits per heavy atom. The van der Waals surface area contributed by atoms with Gasteiger partial charge in [0.2, 0.25) is 0 Å². The zero-order chi connectivity index (χ0) is 10.5. The van der Waals surface area contributed by atoms with Crippen LogP contribution in [0, 0.1) is 5.92 Å². The van der Waals surface area contributed by atoms with Crippen LogP contribution in [0.1, 0.15) is 39.0 Å². The van der Waals surface area contributed by atoms with Gasteiger partial charge in [-0.3, -0.25) is 0 Å². The van der Waals surface area contributed by atoms with E-state index in [9.17, 15) is 0 Å². The molecule has 88 valence electrons. The van der Waals surface area contributed by atoms with Crippen molar-refractivity contribution in [2.45, 2.75) is 51.4 Å². The SMILES string of the molecule is C[C@@H](NCC1OCCO1)C1CCCCC1. The maximum absolute atomic E-state index is 5.41. The van der Waals surface area contributed by atoms with Gasteiger partial charge in [0.15, 0.2) is 6.29 Å². The Kier molecular flexibility index (Phi) is 4.42. The lowest BCUT2D eigenvalue weighted by Gasteiger charge is -2.29. The summed E-state index contributed by atoms with van der Waals surface area (Å²) in [7, 11) is 0. The van der Waals surface area contributed by atoms with Gasteiger partial charge in [0.1, 0.15) is 0 Å². The first kappa shape index (κ1) is 11.4. The first-order chi connectivity index (χ1) is 7.36. The molecule has 0 unspecified atom stereocenters. The Bertz CT molecular complexity index is 174. The molecule has 0 aromatic rings. The van der Waals surface area contributed by atoms with Gasteiger partial charge >= 0.3 is 0 Å². The predicted octanol–water partition coefficient (Wildman–Crippen LogP) is 1.92. The fourth-order valence-corrected chi connectivity index (χ4v) is 2.61. The smallest absolute Gasteiger partial charge is 0.170 e. The van der Waals surface area contributed by atoms with E-state index >= 15 is 0 Å². The van der Waals surface area contributed by atoms with E-state index in [1.54, 1.807) is 0 Å². The molecule has 0 bridgehead atoms. The van der Waals surface area contributed by atoms with Gasteiger partial charge in [0.05, 0.1) is 13.2 Å². The van der Waals surface area contributed by atoms with Crippen molar-refractivity contribution in [3.63, 3.8) is 0 Å². The lowest BCUT2D eigenvalue weighted by Crippen LogP contribution is -2.39. The van der Waals surface area contributed by atoms with Gasteiger partial charge in [-0.15, -0.1) is 0 Å². The molecule has 0 spiro atoms. The fraction of sp³-hybridized carbons (Fsp3) is 1.00. The monoisotopic (exact) mass is 213 g/mol. The Morgan fingerprint density at radius 3 is 2.47 bits per heavy atom. The van der Waals surface area contributed by atoms with Crippen LogP contribution in [0.15, 0.2) is 0 Å². The second-order valence-corrected chi connectivity index (χ2v) is 4.77. The Labute approximate surface area is 92.5 Å². The molecule has 0 radical (unpaired) electrons. The lowest BCUT2D eigenvalue weighted by atomic mass is 9.84. The zero-order valence-corrected chi connectivity index (χ0v) is 9.71. The van der Waals surface area contributed by atoms with Crippen molar-refractivity contribution in [2.75, 3.05) is 19.8 Å². The molecule has 15 heavy (non-hydrogen) atoms. The molecule has 3 heteroatoms. The van der Waals surface area contributed by atoms with E-state index in [1.807, 2.05) is 0 Å². The van der Waals surface area contributed by atoms with Gasteiger partial charge in [-0.05, 0) is 25.7 Å². The molecule has 1 N–H and O–H groups in total. The van der Waals surface area contributed by atoms with Crippen molar-refractivity contribution in [2.24, 2.45) is 5.92 Å². The van der Waals surface area contributed by atoms with Crippen molar-refractivity contribution >= 4 is 0 Å². The number of rotatable bonds is 4. The van der Waals surface area contributed by atoms with Crippen molar-refractivity contribution in [3.05, 3.63) is 0 Å². The molecule has 1 saturated carbocycles. The summed E-state index contributed by atoms with van der Waals surface area (Å²) in [5.41, 5.74) is 0. The average Bonchev–Trinajstić information content (AvgIpc) is 2.80. The molecule has 0 amide bonds. The summed E-state index contributed by atoms with van der Waals surface area (Å²) in [6.45, 7) is 4.65. The van der Waals surface area contributed by atoms with E-state index in [0.717, 1.165) is 25.7 Å². The Balaban J connectivity index is 1.64. The van der Waals surface area contributed by atoms with Crippen LogP contribution in [0.5, 0.6) is 0 Å². The van der Waals surface area contributed by atoms with E-state index in [0.29, 0.717) is 6.04 Å². The number of nitrogens with one attached hydrogen (secondary N) is 1. The van der Waals surface area contributed by atoms with E-state index in [1.165, 1.54) is 32.1 Å². The second-order valence-electron chi connectivity index (χ2n) is 4.77. The molecule has 1 aliphatic heterocycles. The van der Waals surface area contributed by atoms with Crippen LogP contribution in [-0.2, 0) is 9.47 Å². The van der Waals surface area contributed by atoms with Crippen molar-refractivity contribution in [1.82, 2.24) is 5.32 Å². The summed E-state index contributed by atoms with van der Waals surface area (Å²) in [5, 5.41) is 3.54. The van der Waals surface area contributed by atoms with E-state index < -0.39 is 0 Å². The quantitative estimate of drug-likeness (QED) is 0.774. The molecular formula is C12H23NO2. The fourth-order valence-electron chi connectivity index (χ4n) is 2.61. The van der Waals surface area contributed by atoms with Crippen LogP contribution in [0.2, 0.25) is 0 Å². The van der Waals surface area contributed by atoms with Crippen LogP contribution in [0.4, 0.5) is 0 Å². The molecule has 1 aliphatic carbocycles. The minimum atomic E-state index is -0.00367.